The number of nitrogens with two attached hydrogens (primary N) is 1. The second-order valence-corrected chi connectivity index (χ2v) is 6.52. The van der Waals surface area contributed by atoms with E-state index in [0.29, 0.717) is 6.54 Å². The van der Waals surface area contributed by atoms with E-state index in [4.69, 9.17) is 5.73 Å². The van der Waals surface area contributed by atoms with Crippen LogP contribution in [0.5, 0.6) is 0 Å². The molecule has 2 rings (SSSR count). The van der Waals surface area contributed by atoms with Gasteiger partial charge in [-0.25, -0.2) is 0 Å². The van der Waals surface area contributed by atoms with Gasteiger partial charge in [0.05, 0.1) is 5.60 Å². The van der Waals surface area contributed by atoms with Gasteiger partial charge >= 0.3 is 0 Å². The lowest BCUT2D eigenvalue weighted by atomic mass is 9.59. The van der Waals surface area contributed by atoms with Crippen LogP contribution in [0.3, 0.4) is 0 Å². The maximum Gasteiger partial charge on any atom is 0.0851 e. The largest absolute Gasteiger partial charge is 0.388 e. The van der Waals surface area contributed by atoms with Crippen LogP contribution in [0.1, 0.15) is 46.0 Å². The third-order valence-corrected chi connectivity index (χ3v) is 5.44. The van der Waals surface area contributed by atoms with Crippen molar-refractivity contribution in [2.45, 2.75) is 51.6 Å². The normalized spacial score (nSPS) is 43.2. The van der Waals surface area contributed by atoms with Gasteiger partial charge in [0.1, 0.15) is 0 Å². The van der Waals surface area contributed by atoms with Crippen molar-refractivity contribution in [1.82, 2.24) is 5.32 Å². The SMILES string of the molecule is CC(C)C1CCC(CN)(C2(O)CCNC2)CC1. The van der Waals surface area contributed by atoms with Crippen LogP contribution in [-0.4, -0.2) is 30.3 Å². The molecule has 2 fully saturated rings. The molecule has 0 bridgehead atoms. The maximum atomic E-state index is 10.8. The van der Waals surface area contributed by atoms with Gasteiger partial charge in [0.25, 0.3) is 0 Å². The zero-order valence-electron chi connectivity index (χ0n) is 11.3. The van der Waals surface area contributed by atoms with Crippen molar-refractivity contribution in [2.24, 2.45) is 23.0 Å². The van der Waals surface area contributed by atoms with E-state index in [1.54, 1.807) is 0 Å². The van der Waals surface area contributed by atoms with Gasteiger partial charge < -0.3 is 16.2 Å². The average Bonchev–Trinajstić information content (AvgIpc) is 2.77. The van der Waals surface area contributed by atoms with E-state index in [2.05, 4.69) is 19.2 Å². The van der Waals surface area contributed by atoms with Crippen LogP contribution >= 0.6 is 0 Å². The van der Waals surface area contributed by atoms with Gasteiger partial charge in [0, 0.05) is 18.5 Å². The van der Waals surface area contributed by atoms with Crippen molar-refractivity contribution in [2.75, 3.05) is 19.6 Å². The van der Waals surface area contributed by atoms with E-state index in [-0.39, 0.29) is 5.41 Å². The number of β-amino-alcohol motifs (C(OH)–C–C–N with tert-alkyl or cyclic N) is 1. The number of nitrogens with one attached hydrogen (secondary N) is 1. The summed E-state index contributed by atoms with van der Waals surface area (Å²) in [4.78, 5) is 0. The van der Waals surface area contributed by atoms with Crippen LogP contribution in [0.15, 0.2) is 0 Å². The molecule has 1 aliphatic carbocycles. The van der Waals surface area contributed by atoms with E-state index in [9.17, 15) is 5.11 Å². The first kappa shape index (κ1) is 13.3. The standard InChI is InChI=1S/C14H28N2O/c1-11(2)12-3-5-13(9-15,6-4-12)14(17)7-8-16-10-14/h11-12,16-17H,3-10,15H2,1-2H3. The molecule has 1 heterocycles. The van der Waals surface area contributed by atoms with Crippen molar-refractivity contribution < 1.29 is 5.11 Å². The van der Waals surface area contributed by atoms with Crippen molar-refractivity contribution in [1.29, 1.82) is 0 Å². The molecule has 1 aliphatic heterocycles. The summed E-state index contributed by atoms with van der Waals surface area (Å²) < 4.78 is 0. The molecule has 100 valence electrons. The van der Waals surface area contributed by atoms with E-state index < -0.39 is 5.60 Å². The zero-order chi connectivity index (χ0) is 12.5. The molecule has 1 atom stereocenters. The van der Waals surface area contributed by atoms with Crippen molar-refractivity contribution in [3.05, 3.63) is 0 Å². The summed E-state index contributed by atoms with van der Waals surface area (Å²) in [6.45, 7) is 6.93. The molecule has 0 amide bonds. The van der Waals surface area contributed by atoms with Crippen LogP contribution in [0.2, 0.25) is 0 Å². The van der Waals surface area contributed by atoms with Gasteiger partial charge in [0.2, 0.25) is 0 Å². The molecule has 1 saturated heterocycles. The maximum absolute atomic E-state index is 10.8. The number of aliphatic hydroxyl groups is 1. The van der Waals surface area contributed by atoms with E-state index in [0.717, 1.165) is 44.2 Å². The Morgan fingerprint density at radius 3 is 2.35 bits per heavy atom. The summed E-state index contributed by atoms with van der Waals surface area (Å²) in [5.41, 5.74) is 5.46. The lowest BCUT2D eigenvalue weighted by Crippen LogP contribution is -2.55. The minimum absolute atomic E-state index is 0.0259. The molecular formula is C14H28N2O. The Bertz CT molecular complexity index is 251. The highest BCUT2D eigenvalue weighted by atomic mass is 16.3. The van der Waals surface area contributed by atoms with Gasteiger partial charge in [-0.2, -0.15) is 0 Å². The molecule has 3 nitrogen and oxygen atoms in total. The summed E-state index contributed by atoms with van der Waals surface area (Å²) >= 11 is 0. The van der Waals surface area contributed by atoms with E-state index in [1.807, 2.05) is 0 Å². The first-order valence-corrected chi connectivity index (χ1v) is 7.16. The summed E-state index contributed by atoms with van der Waals surface area (Å²) in [5.74, 6) is 1.59. The topological polar surface area (TPSA) is 58.3 Å². The summed E-state index contributed by atoms with van der Waals surface area (Å²) in [5, 5.41) is 14.1. The molecule has 3 heteroatoms. The minimum Gasteiger partial charge on any atom is -0.388 e. The fraction of sp³-hybridized carbons (Fsp3) is 1.00. The predicted octanol–water partition coefficient (Wildman–Crippen LogP) is 1.50. The smallest absolute Gasteiger partial charge is 0.0851 e. The Labute approximate surface area is 105 Å². The number of hydrogen-bond acceptors (Lipinski definition) is 3. The first-order valence-electron chi connectivity index (χ1n) is 7.16. The van der Waals surface area contributed by atoms with E-state index >= 15 is 0 Å². The minimum atomic E-state index is -0.552. The Balaban J connectivity index is 2.07. The van der Waals surface area contributed by atoms with Crippen molar-refractivity contribution in [3.8, 4) is 0 Å². The van der Waals surface area contributed by atoms with Gasteiger partial charge in [-0.3, -0.25) is 0 Å². The van der Waals surface area contributed by atoms with Crippen LogP contribution in [0, 0.1) is 17.3 Å². The predicted molar refractivity (Wildman–Crippen MR) is 70.7 cm³/mol. The van der Waals surface area contributed by atoms with Gasteiger partial charge in [0.15, 0.2) is 0 Å². The Morgan fingerprint density at radius 2 is 1.94 bits per heavy atom. The van der Waals surface area contributed by atoms with Crippen LogP contribution in [0.25, 0.3) is 0 Å². The highest BCUT2D eigenvalue weighted by Crippen LogP contribution is 2.49. The highest BCUT2D eigenvalue weighted by molar-refractivity contribution is 5.06. The van der Waals surface area contributed by atoms with Crippen LogP contribution in [0.4, 0.5) is 0 Å². The molecule has 1 unspecified atom stereocenters. The lowest BCUT2D eigenvalue weighted by Gasteiger charge is -2.49. The molecule has 17 heavy (non-hydrogen) atoms. The highest BCUT2D eigenvalue weighted by Gasteiger charge is 2.52. The van der Waals surface area contributed by atoms with E-state index in [1.165, 1.54) is 12.8 Å². The monoisotopic (exact) mass is 240 g/mol. The van der Waals surface area contributed by atoms with Crippen molar-refractivity contribution in [3.63, 3.8) is 0 Å². The average molecular weight is 240 g/mol. The molecule has 1 saturated carbocycles. The van der Waals surface area contributed by atoms with Crippen LogP contribution < -0.4 is 11.1 Å². The number of rotatable bonds is 3. The quantitative estimate of drug-likeness (QED) is 0.701. The summed E-state index contributed by atoms with van der Waals surface area (Å²) in [6.07, 6.45) is 5.54. The molecule has 0 aromatic heterocycles. The Kier molecular flexibility index (Phi) is 3.81. The molecular weight excluding hydrogens is 212 g/mol. The van der Waals surface area contributed by atoms with Gasteiger partial charge in [-0.1, -0.05) is 13.8 Å². The fourth-order valence-electron chi connectivity index (χ4n) is 3.85. The number of hydrogen-bond donors (Lipinski definition) is 3. The third-order valence-electron chi connectivity index (χ3n) is 5.44. The van der Waals surface area contributed by atoms with Crippen molar-refractivity contribution >= 4 is 0 Å². The molecule has 4 N–H and O–H groups in total. The Hall–Kier alpha value is -0.120. The van der Waals surface area contributed by atoms with Gasteiger partial charge in [-0.15, -0.1) is 0 Å². The molecule has 0 aromatic carbocycles. The molecule has 0 radical (unpaired) electrons. The third kappa shape index (κ3) is 2.25. The summed E-state index contributed by atoms with van der Waals surface area (Å²) in [6, 6.07) is 0. The zero-order valence-corrected chi connectivity index (χ0v) is 11.3. The van der Waals surface area contributed by atoms with Crippen LogP contribution in [-0.2, 0) is 0 Å². The molecule has 0 aromatic rings. The lowest BCUT2D eigenvalue weighted by molar-refractivity contribution is -0.0926. The molecule has 2 aliphatic rings. The fourth-order valence-corrected chi connectivity index (χ4v) is 3.85. The Morgan fingerprint density at radius 1 is 1.29 bits per heavy atom. The molecule has 0 spiro atoms. The first-order chi connectivity index (χ1) is 8.03. The summed E-state index contributed by atoms with van der Waals surface area (Å²) in [7, 11) is 0. The second kappa shape index (κ2) is 4.87. The van der Waals surface area contributed by atoms with Gasteiger partial charge in [-0.05, 0) is 50.5 Å². The second-order valence-electron chi connectivity index (χ2n) is 6.52.